The molecule has 0 radical (unpaired) electrons. The van der Waals surface area contributed by atoms with E-state index in [1.54, 1.807) is 26.4 Å². The molecule has 0 saturated heterocycles. The minimum absolute atomic E-state index is 0.211. The zero-order valence-electron chi connectivity index (χ0n) is 10.4. The fourth-order valence-electron chi connectivity index (χ4n) is 1.74. The Balaban J connectivity index is 2.35. The summed E-state index contributed by atoms with van der Waals surface area (Å²) in [4.78, 5) is 4.29. The largest absolute Gasteiger partial charge is 0.372 e. The van der Waals surface area contributed by atoms with Gasteiger partial charge in [-0.3, -0.25) is 0 Å². The van der Waals surface area contributed by atoms with Crippen LogP contribution in [0, 0.1) is 5.92 Å². The summed E-state index contributed by atoms with van der Waals surface area (Å²) in [5.74, 6) is 0.892. The number of sulfonamides is 1. The van der Waals surface area contributed by atoms with Crippen molar-refractivity contribution in [2.45, 2.75) is 17.7 Å². The summed E-state index contributed by atoms with van der Waals surface area (Å²) in [7, 11) is -0.199. The molecule has 100 valence electrons. The zero-order chi connectivity index (χ0) is 13.3. The number of hydrogen-bond acceptors (Lipinski definition) is 4. The Labute approximate surface area is 116 Å². The number of nitrogens with one attached hydrogen (secondary N) is 1. The third-order valence-electron chi connectivity index (χ3n) is 2.96. The first-order chi connectivity index (χ1) is 8.45. The van der Waals surface area contributed by atoms with Crippen molar-refractivity contribution in [3.05, 3.63) is 16.7 Å². The summed E-state index contributed by atoms with van der Waals surface area (Å²) in [6, 6.07) is 1.58. The summed E-state index contributed by atoms with van der Waals surface area (Å²) in [6.07, 6.45) is 3.82. The predicted molar refractivity (Wildman–Crippen MR) is 74.0 cm³/mol. The lowest BCUT2D eigenvalue weighted by Gasteiger charge is -2.18. The van der Waals surface area contributed by atoms with Crippen molar-refractivity contribution >= 4 is 31.8 Å². The Kier molecular flexibility index (Phi) is 3.93. The molecule has 1 aliphatic rings. The van der Waals surface area contributed by atoms with Gasteiger partial charge in [0.05, 0.1) is 0 Å². The van der Waals surface area contributed by atoms with Crippen LogP contribution in [0.3, 0.4) is 0 Å². The Morgan fingerprint density at radius 1 is 1.56 bits per heavy atom. The fraction of sp³-hybridized carbons (Fsp3) is 0.545. The number of hydrogen-bond donors (Lipinski definition) is 1. The van der Waals surface area contributed by atoms with E-state index in [1.165, 1.54) is 4.31 Å². The first-order valence-corrected chi connectivity index (χ1v) is 7.98. The molecule has 18 heavy (non-hydrogen) atoms. The van der Waals surface area contributed by atoms with Gasteiger partial charge < -0.3 is 5.32 Å². The lowest BCUT2D eigenvalue weighted by molar-refractivity contribution is 0.453. The van der Waals surface area contributed by atoms with Crippen LogP contribution in [0.2, 0.25) is 0 Å². The van der Waals surface area contributed by atoms with Gasteiger partial charge in [-0.25, -0.2) is 17.7 Å². The molecule has 0 atom stereocenters. The van der Waals surface area contributed by atoms with Gasteiger partial charge in [0.1, 0.15) is 10.7 Å². The third-order valence-corrected chi connectivity index (χ3v) is 5.23. The minimum atomic E-state index is -3.48. The van der Waals surface area contributed by atoms with Gasteiger partial charge >= 0.3 is 0 Å². The zero-order valence-corrected chi connectivity index (χ0v) is 12.8. The fourth-order valence-corrected chi connectivity index (χ4v) is 3.64. The van der Waals surface area contributed by atoms with Crippen molar-refractivity contribution < 1.29 is 8.42 Å². The number of rotatable bonds is 5. The molecular formula is C11H16BrN3O2S. The van der Waals surface area contributed by atoms with Gasteiger partial charge in [-0.2, -0.15) is 0 Å². The second kappa shape index (κ2) is 5.14. The van der Waals surface area contributed by atoms with Crippen LogP contribution in [0.4, 0.5) is 5.82 Å². The summed E-state index contributed by atoms with van der Waals surface area (Å²) < 4.78 is 27.0. The standard InChI is InChI=1S/C11H16BrN3O2S/c1-13-11-10(5-9(12)6-14-11)18(16,17)15(2)7-8-3-4-8/h5-6,8H,3-4,7H2,1-2H3,(H,13,14). The SMILES string of the molecule is CNc1ncc(Br)cc1S(=O)(=O)N(C)CC1CC1. The molecule has 0 amide bonds. The highest BCUT2D eigenvalue weighted by Gasteiger charge is 2.30. The van der Waals surface area contributed by atoms with E-state index in [-0.39, 0.29) is 4.90 Å². The topological polar surface area (TPSA) is 62.3 Å². The quantitative estimate of drug-likeness (QED) is 0.894. The van der Waals surface area contributed by atoms with Crippen molar-refractivity contribution in [1.82, 2.24) is 9.29 Å². The minimum Gasteiger partial charge on any atom is -0.372 e. The molecular weight excluding hydrogens is 318 g/mol. The van der Waals surface area contributed by atoms with Crippen molar-refractivity contribution in [3.8, 4) is 0 Å². The molecule has 0 spiro atoms. The van der Waals surface area contributed by atoms with E-state index in [9.17, 15) is 8.42 Å². The van der Waals surface area contributed by atoms with Crippen molar-refractivity contribution in [3.63, 3.8) is 0 Å². The Morgan fingerprint density at radius 2 is 2.22 bits per heavy atom. The van der Waals surface area contributed by atoms with Crippen LogP contribution < -0.4 is 5.32 Å². The highest BCUT2D eigenvalue weighted by atomic mass is 79.9. The molecule has 2 rings (SSSR count). The highest BCUT2D eigenvalue weighted by Crippen LogP contribution is 2.32. The van der Waals surface area contributed by atoms with Gasteiger partial charge in [0, 0.05) is 31.3 Å². The van der Waals surface area contributed by atoms with E-state index in [0.29, 0.717) is 22.8 Å². The number of nitrogens with zero attached hydrogens (tertiary/aromatic N) is 2. The average Bonchev–Trinajstić information content (AvgIpc) is 3.12. The monoisotopic (exact) mass is 333 g/mol. The van der Waals surface area contributed by atoms with Gasteiger partial charge in [-0.15, -0.1) is 0 Å². The third kappa shape index (κ3) is 2.84. The molecule has 0 bridgehead atoms. The number of pyridine rings is 1. The second-order valence-corrected chi connectivity index (χ2v) is 7.41. The molecule has 5 nitrogen and oxygen atoms in total. The number of halogens is 1. The van der Waals surface area contributed by atoms with Gasteiger partial charge in [-0.1, -0.05) is 0 Å². The molecule has 1 aromatic rings. The molecule has 1 fully saturated rings. The second-order valence-electron chi connectivity index (χ2n) is 4.48. The summed E-state index contributed by atoms with van der Waals surface area (Å²) in [5.41, 5.74) is 0. The molecule has 7 heteroatoms. The summed E-state index contributed by atoms with van der Waals surface area (Å²) >= 11 is 3.26. The molecule has 1 aromatic heterocycles. The number of anilines is 1. The molecule has 1 heterocycles. The van der Waals surface area contributed by atoms with Gasteiger partial charge in [0.15, 0.2) is 0 Å². The highest BCUT2D eigenvalue weighted by molar-refractivity contribution is 9.10. The first kappa shape index (κ1) is 13.8. The van der Waals surface area contributed by atoms with E-state index in [1.807, 2.05) is 0 Å². The van der Waals surface area contributed by atoms with Crippen LogP contribution >= 0.6 is 15.9 Å². The van der Waals surface area contributed by atoms with Crippen molar-refractivity contribution in [2.75, 3.05) is 26.0 Å². The smallest absolute Gasteiger partial charge is 0.246 e. The molecule has 1 N–H and O–H groups in total. The van der Waals surface area contributed by atoms with Gasteiger partial charge in [0.25, 0.3) is 0 Å². The normalized spacial score (nSPS) is 16.0. The Bertz CT molecular complexity index is 543. The van der Waals surface area contributed by atoms with Crippen LogP contribution in [-0.4, -0.2) is 38.3 Å². The molecule has 0 aromatic carbocycles. The average molecular weight is 334 g/mol. The lowest BCUT2D eigenvalue weighted by Crippen LogP contribution is -2.29. The predicted octanol–water partition coefficient (Wildman–Crippen LogP) is 1.92. The van der Waals surface area contributed by atoms with Crippen LogP contribution in [0.5, 0.6) is 0 Å². The van der Waals surface area contributed by atoms with Crippen LogP contribution in [0.25, 0.3) is 0 Å². The summed E-state index contributed by atoms with van der Waals surface area (Å²) in [5, 5.41) is 2.81. The Hall–Kier alpha value is -0.660. The molecule has 0 unspecified atom stereocenters. The van der Waals surface area contributed by atoms with Crippen molar-refractivity contribution in [1.29, 1.82) is 0 Å². The van der Waals surface area contributed by atoms with E-state index < -0.39 is 10.0 Å². The molecule has 1 saturated carbocycles. The van der Waals surface area contributed by atoms with E-state index in [2.05, 4.69) is 26.2 Å². The maximum Gasteiger partial charge on any atom is 0.246 e. The molecule has 0 aliphatic heterocycles. The maximum atomic E-state index is 12.5. The Morgan fingerprint density at radius 3 is 2.78 bits per heavy atom. The summed E-state index contributed by atoms with van der Waals surface area (Å²) in [6.45, 7) is 0.581. The molecule has 1 aliphatic carbocycles. The van der Waals surface area contributed by atoms with Crippen LogP contribution in [-0.2, 0) is 10.0 Å². The van der Waals surface area contributed by atoms with E-state index in [4.69, 9.17) is 0 Å². The van der Waals surface area contributed by atoms with Crippen LogP contribution in [0.1, 0.15) is 12.8 Å². The van der Waals surface area contributed by atoms with Gasteiger partial charge in [-0.05, 0) is 40.8 Å². The maximum absolute atomic E-state index is 12.5. The number of aromatic nitrogens is 1. The first-order valence-electron chi connectivity index (χ1n) is 5.75. The van der Waals surface area contributed by atoms with E-state index >= 15 is 0 Å². The lowest BCUT2D eigenvalue weighted by atomic mass is 10.4. The van der Waals surface area contributed by atoms with Crippen molar-refractivity contribution in [2.24, 2.45) is 5.92 Å². The van der Waals surface area contributed by atoms with E-state index in [0.717, 1.165) is 12.8 Å². The van der Waals surface area contributed by atoms with Gasteiger partial charge in [0.2, 0.25) is 10.0 Å². The van der Waals surface area contributed by atoms with Crippen LogP contribution in [0.15, 0.2) is 21.6 Å².